The molecule has 1 aromatic rings. The molecule has 4 N–H and O–H groups in total. The van der Waals surface area contributed by atoms with Crippen LogP contribution in [0.4, 0.5) is 15.8 Å². The number of carbonyl (C=O) groups is 2. The number of anilines is 2. The lowest BCUT2D eigenvalue weighted by Gasteiger charge is -2.34. The molecule has 132 valence electrons. The fourth-order valence-electron chi connectivity index (χ4n) is 3.04. The molecule has 8 heteroatoms. The van der Waals surface area contributed by atoms with Gasteiger partial charge in [-0.2, -0.15) is 0 Å². The average molecular weight is 358 g/mol. The van der Waals surface area contributed by atoms with Crippen LogP contribution < -0.4 is 16.4 Å². The molecule has 0 bridgehead atoms. The number of ether oxygens (including phenoxy) is 1. The predicted molar refractivity (Wildman–Crippen MR) is 90.8 cm³/mol. The topological polar surface area (TPSA) is 93.5 Å². The summed E-state index contributed by atoms with van der Waals surface area (Å²) in [6.07, 6.45) is 1.86. The first-order chi connectivity index (χ1) is 11.0. The summed E-state index contributed by atoms with van der Waals surface area (Å²) in [4.78, 5) is 24.1. The van der Waals surface area contributed by atoms with E-state index >= 15 is 0 Å². The van der Waals surface area contributed by atoms with Crippen molar-refractivity contribution in [1.29, 1.82) is 0 Å². The van der Waals surface area contributed by atoms with Crippen LogP contribution in [0.15, 0.2) is 12.1 Å². The number of rotatable bonds is 3. The van der Waals surface area contributed by atoms with E-state index < -0.39 is 11.2 Å². The van der Waals surface area contributed by atoms with Gasteiger partial charge in [-0.1, -0.05) is 0 Å². The molecule has 0 unspecified atom stereocenters. The standard InChI is InChI=1S/C16H20FN3O3.ClH/c17-11-7-10-1-2-14(21)19-12(10)8-13(11)20-15(22)16(9-18)3-5-23-6-4-16;/h7-8H,1-6,9,18H2,(H,19,21)(H,20,22);1H. The molecule has 3 rings (SSSR count). The van der Waals surface area contributed by atoms with Crippen molar-refractivity contribution in [2.75, 3.05) is 30.4 Å². The van der Waals surface area contributed by atoms with Crippen LogP contribution in [0.25, 0.3) is 0 Å². The Hall–Kier alpha value is -1.70. The Balaban J connectivity index is 0.00000208. The van der Waals surface area contributed by atoms with Crippen molar-refractivity contribution >= 4 is 35.6 Å². The first kappa shape index (κ1) is 18.6. The molecular weight excluding hydrogens is 337 g/mol. The molecule has 0 aliphatic carbocycles. The van der Waals surface area contributed by atoms with E-state index in [9.17, 15) is 14.0 Å². The number of nitrogens with two attached hydrogens (primary N) is 1. The van der Waals surface area contributed by atoms with Gasteiger partial charge in [0, 0.05) is 31.9 Å². The fraction of sp³-hybridized carbons (Fsp3) is 0.500. The van der Waals surface area contributed by atoms with Crippen molar-refractivity contribution in [2.45, 2.75) is 25.7 Å². The first-order valence-corrected chi connectivity index (χ1v) is 7.76. The maximum Gasteiger partial charge on any atom is 0.232 e. The molecule has 2 aliphatic heterocycles. The van der Waals surface area contributed by atoms with Crippen LogP contribution in [0.5, 0.6) is 0 Å². The second kappa shape index (κ2) is 7.46. The van der Waals surface area contributed by atoms with Gasteiger partial charge in [0.25, 0.3) is 0 Å². The molecule has 1 saturated heterocycles. The van der Waals surface area contributed by atoms with Crippen molar-refractivity contribution in [3.63, 3.8) is 0 Å². The lowest BCUT2D eigenvalue weighted by molar-refractivity contribution is -0.130. The van der Waals surface area contributed by atoms with E-state index in [1.54, 1.807) is 0 Å². The zero-order valence-corrected chi connectivity index (χ0v) is 14.0. The van der Waals surface area contributed by atoms with E-state index in [0.29, 0.717) is 44.6 Å². The zero-order chi connectivity index (χ0) is 16.4. The molecule has 2 heterocycles. The van der Waals surface area contributed by atoms with Gasteiger partial charge in [0.1, 0.15) is 5.82 Å². The van der Waals surface area contributed by atoms with Crippen LogP contribution >= 0.6 is 12.4 Å². The minimum atomic E-state index is -0.732. The van der Waals surface area contributed by atoms with Crippen molar-refractivity contribution in [2.24, 2.45) is 11.1 Å². The molecule has 0 aromatic heterocycles. The van der Waals surface area contributed by atoms with E-state index in [1.807, 2.05) is 0 Å². The smallest absolute Gasteiger partial charge is 0.232 e. The molecule has 0 saturated carbocycles. The number of amides is 2. The Labute approximate surface area is 145 Å². The van der Waals surface area contributed by atoms with Gasteiger partial charge in [-0.15, -0.1) is 12.4 Å². The van der Waals surface area contributed by atoms with E-state index in [-0.39, 0.29) is 36.5 Å². The third-order valence-electron chi connectivity index (χ3n) is 4.66. The highest BCUT2D eigenvalue weighted by molar-refractivity contribution is 5.98. The summed E-state index contributed by atoms with van der Waals surface area (Å²) >= 11 is 0. The number of aryl methyl sites for hydroxylation is 1. The quantitative estimate of drug-likeness (QED) is 0.769. The van der Waals surface area contributed by atoms with Crippen molar-refractivity contribution in [3.05, 3.63) is 23.5 Å². The third-order valence-corrected chi connectivity index (χ3v) is 4.66. The summed E-state index contributed by atoms with van der Waals surface area (Å²) in [6.45, 7) is 1.12. The second-order valence-electron chi connectivity index (χ2n) is 6.09. The summed E-state index contributed by atoms with van der Waals surface area (Å²) < 4.78 is 19.5. The van der Waals surface area contributed by atoms with E-state index in [2.05, 4.69) is 10.6 Å². The second-order valence-corrected chi connectivity index (χ2v) is 6.09. The van der Waals surface area contributed by atoms with E-state index in [0.717, 1.165) is 5.56 Å². The Morgan fingerprint density at radius 1 is 1.33 bits per heavy atom. The summed E-state index contributed by atoms with van der Waals surface area (Å²) in [5.41, 5.74) is 6.41. The van der Waals surface area contributed by atoms with E-state index in [1.165, 1.54) is 12.1 Å². The van der Waals surface area contributed by atoms with Crippen LogP contribution in [0, 0.1) is 11.2 Å². The summed E-state index contributed by atoms with van der Waals surface area (Å²) in [6, 6.07) is 2.84. The lowest BCUT2D eigenvalue weighted by Crippen LogP contribution is -2.46. The van der Waals surface area contributed by atoms with Gasteiger partial charge in [0.2, 0.25) is 11.8 Å². The highest BCUT2D eigenvalue weighted by Crippen LogP contribution is 2.33. The molecule has 0 radical (unpaired) electrons. The SMILES string of the molecule is Cl.NCC1(C(=O)Nc2cc3c(cc2F)CCC(=O)N3)CCOCC1. The lowest BCUT2D eigenvalue weighted by atomic mass is 9.79. The third kappa shape index (κ3) is 3.53. The van der Waals surface area contributed by atoms with Crippen molar-refractivity contribution in [1.82, 2.24) is 0 Å². The molecular formula is C16H21ClFN3O3. The van der Waals surface area contributed by atoms with Crippen LogP contribution in [0.3, 0.4) is 0 Å². The van der Waals surface area contributed by atoms with Gasteiger partial charge < -0.3 is 21.1 Å². The van der Waals surface area contributed by atoms with Crippen LogP contribution in [-0.2, 0) is 20.7 Å². The molecule has 0 spiro atoms. The number of hydrogen-bond acceptors (Lipinski definition) is 4. The zero-order valence-electron chi connectivity index (χ0n) is 13.2. The van der Waals surface area contributed by atoms with Crippen LogP contribution in [0.1, 0.15) is 24.8 Å². The van der Waals surface area contributed by atoms with Gasteiger partial charge in [-0.3, -0.25) is 9.59 Å². The monoisotopic (exact) mass is 357 g/mol. The van der Waals surface area contributed by atoms with Gasteiger partial charge >= 0.3 is 0 Å². The summed E-state index contributed by atoms with van der Waals surface area (Å²) in [5.74, 6) is -0.916. The highest BCUT2D eigenvalue weighted by atomic mass is 35.5. The maximum absolute atomic E-state index is 14.2. The van der Waals surface area contributed by atoms with Gasteiger partial charge in [-0.05, 0) is 37.0 Å². The largest absolute Gasteiger partial charge is 0.381 e. The minimum Gasteiger partial charge on any atom is -0.381 e. The van der Waals surface area contributed by atoms with Gasteiger partial charge in [0.05, 0.1) is 11.1 Å². The van der Waals surface area contributed by atoms with Gasteiger partial charge in [0.15, 0.2) is 0 Å². The number of benzene rings is 1. The molecule has 1 aromatic carbocycles. The van der Waals surface area contributed by atoms with Crippen LogP contribution in [0.2, 0.25) is 0 Å². The molecule has 2 amide bonds. The maximum atomic E-state index is 14.2. The first-order valence-electron chi connectivity index (χ1n) is 7.76. The minimum absolute atomic E-state index is 0. The molecule has 24 heavy (non-hydrogen) atoms. The molecule has 6 nitrogen and oxygen atoms in total. The van der Waals surface area contributed by atoms with Crippen molar-refractivity contribution in [3.8, 4) is 0 Å². The number of nitrogens with one attached hydrogen (secondary N) is 2. The highest BCUT2D eigenvalue weighted by Gasteiger charge is 2.39. The molecule has 1 fully saturated rings. The Morgan fingerprint density at radius 2 is 2.04 bits per heavy atom. The van der Waals surface area contributed by atoms with E-state index in [4.69, 9.17) is 10.5 Å². The van der Waals surface area contributed by atoms with Gasteiger partial charge in [-0.25, -0.2) is 4.39 Å². The summed E-state index contributed by atoms with van der Waals surface area (Å²) in [7, 11) is 0. The van der Waals surface area contributed by atoms with Crippen molar-refractivity contribution < 1.29 is 18.7 Å². The predicted octanol–water partition coefficient (Wildman–Crippen LogP) is 1.83. The summed E-state index contributed by atoms with van der Waals surface area (Å²) in [5, 5.41) is 5.34. The normalized spacial score (nSPS) is 18.8. The Bertz CT molecular complexity index is 648. The Kier molecular flexibility index (Phi) is 5.79. The fourth-order valence-corrected chi connectivity index (χ4v) is 3.04. The number of carbonyl (C=O) groups excluding carboxylic acids is 2. The number of hydrogen-bond donors (Lipinski definition) is 3. The molecule has 2 aliphatic rings. The number of fused-ring (bicyclic) bond motifs is 1. The van der Waals surface area contributed by atoms with Crippen LogP contribution in [-0.4, -0.2) is 31.6 Å². The number of halogens is 2. The average Bonchev–Trinajstić information content (AvgIpc) is 2.56. The Morgan fingerprint density at radius 3 is 2.71 bits per heavy atom. The molecule has 0 atom stereocenters.